The van der Waals surface area contributed by atoms with Crippen LogP contribution in [0.5, 0.6) is 5.75 Å². The van der Waals surface area contributed by atoms with Gasteiger partial charge in [0.15, 0.2) is 13.1 Å². The van der Waals surface area contributed by atoms with E-state index in [4.69, 9.17) is 16.3 Å². The van der Waals surface area contributed by atoms with Crippen LogP contribution in [0.25, 0.3) is 0 Å². The van der Waals surface area contributed by atoms with Gasteiger partial charge in [-0.25, -0.2) is 0 Å². The minimum atomic E-state index is -0.158. The molecule has 6 nitrogen and oxygen atoms in total. The van der Waals surface area contributed by atoms with Gasteiger partial charge in [-0.15, -0.1) is 0 Å². The predicted molar refractivity (Wildman–Crippen MR) is 108 cm³/mol. The minimum absolute atomic E-state index is 0.149. The van der Waals surface area contributed by atoms with E-state index in [0.29, 0.717) is 22.9 Å². The molecular weight excluding hydrogens is 366 g/mol. The molecule has 7 heteroatoms. The van der Waals surface area contributed by atoms with E-state index in [9.17, 15) is 9.59 Å². The molecule has 3 N–H and O–H groups in total. The molecule has 0 radical (unpaired) electrons. The number of nitrogens with one attached hydrogen (secondary N) is 3. The van der Waals surface area contributed by atoms with E-state index in [-0.39, 0.29) is 24.9 Å². The third-order valence-corrected chi connectivity index (χ3v) is 4.65. The number of carbonyl (C=O) groups is 2. The topological polar surface area (TPSA) is 71.9 Å². The second-order valence-electron chi connectivity index (χ2n) is 6.19. The summed E-state index contributed by atoms with van der Waals surface area (Å²) in [5.74, 6) is 0.417. The number of likely N-dealkylation sites (N-methyl/N-ethyl adjacent to an activating group) is 1. The quantitative estimate of drug-likeness (QED) is 0.646. The first-order chi connectivity index (χ1) is 12.9. The Kier molecular flexibility index (Phi) is 7.64. The zero-order chi connectivity index (χ0) is 19.8. The Labute approximate surface area is 164 Å². The van der Waals surface area contributed by atoms with Gasteiger partial charge in [-0.2, -0.15) is 0 Å². The summed E-state index contributed by atoms with van der Waals surface area (Å²) in [5, 5.41) is 6.30. The highest BCUT2D eigenvalue weighted by molar-refractivity contribution is 6.31. The van der Waals surface area contributed by atoms with Gasteiger partial charge in [0.1, 0.15) is 5.75 Å². The number of carbonyl (C=O) groups excluding carboxylic acids is 2. The molecule has 0 aromatic heterocycles. The summed E-state index contributed by atoms with van der Waals surface area (Å²) in [6, 6.07) is 12.5. The lowest BCUT2D eigenvalue weighted by molar-refractivity contribution is -0.881. The maximum Gasteiger partial charge on any atom is 0.279 e. The summed E-state index contributed by atoms with van der Waals surface area (Å²) >= 11 is 6.08. The number of halogens is 1. The molecule has 0 saturated carbocycles. The van der Waals surface area contributed by atoms with Crippen LogP contribution in [0.15, 0.2) is 42.5 Å². The van der Waals surface area contributed by atoms with Crippen LogP contribution in [0.3, 0.4) is 0 Å². The van der Waals surface area contributed by atoms with Crippen molar-refractivity contribution in [1.82, 2.24) is 0 Å². The summed E-state index contributed by atoms with van der Waals surface area (Å²) < 4.78 is 5.09. The highest BCUT2D eigenvalue weighted by atomic mass is 35.5. The smallest absolute Gasteiger partial charge is 0.279 e. The Morgan fingerprint density at radius 1 is 1.04 bits per heavy atom. The molecule has 0 spiro atoms. The maximum absolute atomic E-state index is 12.3. The molecular formula is C20H25ClN3O3+. The summed E-state index contributed by atoms with van der Waals surface area (Å²) in [5.41, 5.74) is 2.20. The Hall–Kier alpha value is -2.57. The molecule has 0 fully saturated rings. The minimum Gasteiger partial charge on any atom is -0.497 e. The third-order valence-electron chi connectivity index (χ3n) is 4.24. The first-order valence-electron chi connectivity index (χ1n) is 8.75. The van der Waals surface area contributed by atoms with Crippen LogP contribution in [0.1, 0.15) is 12.5 Å². The Bertz CT molecular complexity index is 794. The van der Waals surface area contributed by atoms with Crippen molar-refractivity contribution >= 4 is 34.8 Å². The average molecular weight is 391 g/mol. The van der Waals surface area contributed by atoms with Crippen molar-refractivity contribution in [2.75, 3.05) is 37.4 Å². The average Bonchev–Trinajstić information content (AvgIpc) is 2.65. The Balaban J connectivity index is 1.88. The second-order valence-corrected chi connectivity index (χ2v) is 6.60. The second kappa shape index (κ2) is 9.94. The first kappa shape index (κ1) is 20.7. The largest absolute Gasteiger partial charge is 0.497 e. The van der Waals surface area contributed by atoms with E-state index < -0.39 is 0 Å². The van der Waals surface area contributed by atoms with E-state index in [1.807, 2.05) is 13.8 Å². The SMILES string of the molecule is CC[NH+](CC(=O)Nc1ccc(OC)cc1)CC(=O)Nc1cccc(Cl)c1C. The standard InChI is InChI=1S/C20H24ClN3O3/c1-4-24(12-19(25)22-15-8-10-16(27-3)11-9-15)13-20(26)23-18-7-5-6-17(21)14(18)2/h5-11H,4,12-13H2,1-3H3,(H,22,25)(H,23,26)/p+1. The molecule has 2 aromatic carbocycles. The number of amides is 2. The summed E-state index contributed by atoms with van der Waals surface area (Å²) in [7, 11) is 1.59. The van der Waals surface area contributed by atoms with Crippen molar-refractivity contribution in [3.63, 3.8) is 0 Å². The fraction of sp³-hybridized carbons (Fsp3) is 0.300. The number of anilines is 2. The van der Waals surface area contributed by atoms with Crippen molar-refractivity contribution in [1.29, 1.82) is 0 Å². The lowest BCUT2D eigenvalue weighted by atomic mass is 10.2. The van der Waals surface area contributed by atoms with Gasteiger partial charge in [0.05, 0.1) is 13.7 Å². The Morgan fingerprint density at radius 3 is 2.26 bits per heavy atom. The molecule has 2 amide bonds. The van der Waals surface area contributed by atoms with Gasteiger partial charge in [-0.3, -0.25) is 9.59 Å². The van der Waals surface area contributed by atoms with Crippen molar-refractivity contribution < 1.29 is 19.2 Å². The van der Waals surface area contributed by atoms with Crippen LogP contribution in [-0.2, 0) is 9.59 Å². The third kappa shape index (κ3) is 6.27. The van der Waals surface area contributed by atoms with Crippen LogP contribution >= 0.6 is 11.6 Å². The van der Waals surface area contributed by atoms with Crippen LogP contribution in [0, 0.1) is 6.92 Å². The fourth-order valence-corrected chi connectivity index (χ4v) is 2.76. The van der Waals surface area contributed by atoms with Gasteiger partial charge >= 0.3 is 0 Å². The molecule has 1 atom stereocenters. The molecule has 0 aliphatic heterocycles. The molecule has 0 bridgehead atoms. The van der Waals surface area contributed by atoms with Gasteiger partial charge in [-0.1, -0.05) is 17.7 Å². The molecule has 2 aromatic rings. The zero-order valence-electron chi connectivity index (χ0n) is 15.8. The van der Waals surface area contributed by atoms with E-state index in [2.05, 4.69) is 10.6 Å². The molecule has 27 heavy (non-hydrogen) atoms. The van der Waals surface area contributed by atoms with Crippen LogP contribution < -0.4 is 20.3 Å². The summed E-state index contributed by atoms with van der Waals surface area (Å²) in [6.45, 7) is 4.83. The number of ether oxygens (including phenoxy) is 1. The highest BCUT2D eigenvalue weighted by Crippen LogP contribution is 2.22. The molecule has 0 aliphatic carbocycles. The van der Waals surface area contributed by atoms with Crippen molar-refractivity contribution in [3.8, 4) is 5.75 Å². The number of hydrogen-bond acceptors (Lipinski definition) is 3. The molecule has 144 valence electrons. The lowest BCUT2D eigenvalue weighted by Gasteiger charge is -2.17. The van der Waals surface area contributed by atoms with Gasteiger partial charge < -0.3 is 20.3 Å². The lowest BCUT2D eigenvalue weighted by Crippen LogP contribution is -3.13. The van der Waals surface area contributed by atoms with Crippen LogP contribution in [0.2, 0.25) is 5.02 Å². The Morgan fingerprint density at radius 2 is 1.67 bits per heavy atom. The van der Waals surface area contributed by atoms with E-state index >= 15 is 0 Å². The summed E-state index contributed by atoms with van der Waals surface area (Å²) in [4.78, 5) is 25.5. The van der Waals surface area contributed by atoms with Crippen molar-refractivity contribution in [2.24, 2.45) is 0 Å². The number of methoxy groups -OCH3 is 1. The van der Waals surface area contributed by atoms with Crippen molar-refractivity contribution in [2.45, 2.75) is 13.8 Å². The number of quaternary nitrogens is 1. The van der Waals surface area contributed by atoms with E-state index in [0.717, 1.165) is 16.2 Å². The van der Waals surface area contributed by atoms with Crippen LogP contribution in [0.4, 0.5) is 11.4 Å². The van der Waals surface area contributed by atoms with Gasteiger partial charge in [0, 0.05) is 16.4 Å². The van der Waals surface area contributed by atoms with Crippen molar-refractivity contribution in [3.05, 3.63) is 53.1 Å². The number of hydrogen-bond donors (Lipinski definition) is 3. The summed E-state index contributed by atoms with van der Waals surface area (Å²) in [6.07, 6.45) is 0. The van der Waals surface area contributed by atoms with Crippen LogP contribution in [-0.4, -0.2) is 38.6 Å². The number of rotatable bonds is 8. The first-order valence-corrected chi connectivity index (χ1v) is 9.13. The highest BCUT2D eigenvalue weighted by Gasteiger charge is 2.17. The van der Waals surface area contributed by atoms with Gasteiger partial charge in [0.2, 0.25) is 0 Å². The number of benzene rings is 2. The van der Waals surface area contributed by atoms with E-state index in [1.165, 1.54) is 0 Å². The normalized spacial score (nSPS) is 11.6. The zero-order valence-corrected chi connectivity index (χ0v) is 16.5. The molecule has 0 heterocycles. The monoisotopic (exact) mass is 390 g/mol. The van der Waals surface area contributed by atoms with Gasteiger partial charge in [0.25, 0.3) is 11.8 Å². The van der Waals surface area contributed by atoms with E-state index in [1.54, 1.807) is 49.6 Å². The molecule has 2 rings (SSSR count). The fourth-order valence-electron chi connectivity index (χ4n) is 2.58. The molecule has 1 unspecified atom stereocenters. The molecule has 0 saturated heterocycles. The maximum atomic E-state index is 12.3. The predicted octanol–water partition coefficient (Wildman–Crippen LogP) is 2.14. The van der Waals surface area contributed by atoms with Gasteiger partial charge in [-0.05, 0) is 55.8 Å². The molecule has 0 aliphatic rings.